The first-order valence-corrected chi connectivity index (χ1v) is 7.33. The minimum Gasteiger partial charge on any atom is -0.392 e. The van der Waals surface area contributed by atoms with E-state index >= 15 is 0 Å². The van der Waals surface area contributed by atoms with Crippen molar-refractivity contribution in [1.29, 1.82) is 0 Å². The van der Waals surface area contributed by atoms with E-state index in [2.05, 4.69) is 0 Å². The van der Waals surface area contributed by atoms with Gasteiger partial charge in [-0.15, -0.1) is 0 Å². The first-order chi connectivity index (χ1) is 7.48. The molecule has 0 radical (unpaired) electrons. The van der Waals surface area contributed by atoms with Gasteiger partial charge in [0.1, 0.15) is 0 Å². The zero-order valence-corrected chi connectivity index (χ0v) is 10.1. The van der Waals surface area contributed by atoms with Crippen LogP contribution in [0.1, 0.15) is 18.4 Å². The molecule has 1 fully saturated rings. The maximum absolute atomic E-state index is 11.5. The quantitative estimate of drug-likeness (QED) is 0.865. The summed E-state index contributed by atoms with van der Waals surface area (Å²) >= 11 is 0. The molecule has 0 spiro atoms. The van der Waals surface area contributed by atoms with Crippen LogP contribution in [0.3, 0.4) is 0 Å². The molecular weight excluding hydrogens is 224 g/mol. The predicted molar refractivity (Wildman–Crippen MR) is 62.0 cm³/mol. The molecule has 1 saturated carbocycles. The van der Waals surface area contributed by atoms with E-state index in [0.717, 1.165) is 18.4 Å². The zero-order chi connectivity index (χ0) is 11.8. The average molecular weight is 240 g/mol. The molecular formula is C12H16O3S. The van der Waals surface area contributed by atoms with Crippen LogP contribution in [0.15, 0.2) is 29.2 Å². The zero-order valence-electron chi connectivity index (χ0n) is 9.26. The van der Waals surface area contributed by atoms with Gasteiger partial charge in [-0.3, -0.25) is 0 Å². The first kappa shape index (κ1) is 11.6. The lowest BCUT2D eigenvalue weighted by atomic mass is 10.1. The van der Waals surface area contributed by atoms with Crippen LogP contribution in [0.5, 0.6) is 0 Å². The largest absolute Gasteiger partial charge is 0.392 e. The van der Waals surface area contributed by atoms with E-state index in [4.69, 9.17) is 0 Å². The maximum atomic E-state index is 11.5. The van der Waals surface area contributed by atoms with Crippen molar-refractivity contribution < 1.29 is 13.5 Å². The standard InChI is InChI=1S/C12H16O3S/c1-16(14,15)12-5-3-2-4-10(12)8-11(13)9-6-7-9/h2-5,9,11,13H,6-8H2,1H3. The van der Waals surface area contributed by atoms with Crippen LogP contribution in [0.2, 0.25) is 0 Å². The number of hydrogen-bond donors (Lipinski definition) is 1. The molecule has 0 amide bonds. The van der Waals surface area contributed by atoms with Crippen LogP contribution in [0, 0.1) is 5.92 Å². The SMILES string of the molecule is CS(=O)(=O)c1ccccc1CC(O)C1CC1. The summed E-state index contributed by atoms with van der Waals surface area (Å²) in [5, 5.41) is 9.84. The number of aliphatic hydroxyl groups excluding tert-OH is 1. The van der Waals surface area contributed by atoms with Crippen molar-refractivity contribution in [3.05, 3.63) is 29.8 Å². The van der Waals surface area contributed by atoms with E-state index in [1.165, 1.54) is 6.26 Å². The van der Waals surface area contributed by atoms with E-state index in [1.807, 2.05) is 6.07 Å². The molecule has 2 rings (SSSR count). The normalized spacial score (nSPS) is 18.4. The van der Waals surface area contributed by atoms with Crippen LogP contribution in [0.4, 0.5) is 0 Å². The molecule has 4 heteroatoms. The number of rotatable bonds is 4. The summed E-state index contributed by atoms with van der Waals surface area (Å²) in [5.41, 5.74) is 0.726. The van der Waals surface area contributed by atoms with Crippen molar-refractivity contribution in [3.8, 4) is 0 Å². The van der Waals surface area contributed by atoms with Gasteiger partial charge in [-0.2, -0.15) is 0 Å². The summed E-state index contributed by atoms with van der Waals surface area (Å²) in [6.07, 6.45) is 3.36. The second kappa shape index (κ2) is 4.18. The van der Waals surface area contributed by atoms with Gasteiger partial charge in [-0.25, -0.2) is 8.42 Å². The Bertz CT molecular complexity index is 475. The topological polar surface area (TPSA) is 54.4 Å². The number of hydrogen-bond acceptors (Lipinski definition) is 3. The van der Waals surface area contributed by atoms with Crippen molar-refractivity contribution >= 4 is 9.84 Å². The minimum atomic E-state index is -3.20. The molecule has 1 N–H and O–H groups in total. The molecule has 1 atom stereocenters. The Morgan fingerprint density at radius 2 is 2.00 bits per heavy atom. The van der Waals surface area contributed by atoms with Gasteiger partial charge in [0.25, 0.3) is 0 Å². The van der Waals surface area contributed by atoms with E-state index in [0.29, 0.717) is 17.2 Å². The molecule has 1 aliphatic rings. The third kappa shape index (κ3) is 2.62. The Morgan fingerprint density at radius 3 is 2.56 bits per heavy atom. The summed E-state index contributed by atoms with van der Waals surface area (Å²) in [4.78, 5) is 0.342. The molecule has 1 aromatic rings. The van der Waals surface area contributed by atoms with Crippen molar-refractivity contribution in [1.82, 2.24) is 0 Å². The van der Waals surface area contributed by atoms with Gasteiger partial charge in [-0.1, -0.05) is 18.2 Å². The van der Waals surface area contributed by atoms with Gasteiger partial charge in [0.2, 0.25) is 0 Å². The Hall–Kier alpha value is -0.870. The summed E-state index contributed by atoms with van der Waals surface area (Å²) in [6, 6.07) is 6.90. The molecule has 88 valence electrons. The van der Waals surface area contributed by atoms with Crippen LogP contribution < -0.4 is 0 Å². The molecule has 0 aromatic heterocycles. The highest BCUT2D eigenvalue weighted by atomic mass is 32.2. The fourth-order valence-corrected chi connectivity index (χ4v) is 2.86. The number of aliphatic hydroxyl groups is 1. The lowest BCUT2D eigenvalue weighted by Crippen LogP contribution is -2.15. The number of benzene rings is 1. The molecule has 3 nitrogen and oxygen atoms in total. The number of sulfone groups is 1. The lowest BCUT2D eigenvalue weighted by molar-refractivity contribution is 0.151. The van der Waals surface area contributed by atoms with E-state index in [1.54, 1.807) is 18.2 Å². The Kier molecular flexibility index (Phi) is 3.04. The van der Waals surface area contributed by atoms with Crippen LogP contribution in [-0.4, -0.2) is 25.9 Å². The van der Waals surface area contributed by atoms with Crippen LogP contribution in [-0.2, 0) is 16.3 Å². The Balaban J connectivity index is 2.26. The molecule has 0 saturated heterocycles. The smallest absolute Gasteiger partial charge is 0.175 e. The highest BCUT2D eigenvalue weighted by molar-refractivity contribution is 7.90. The van der Waals surface area contributed by atoms with Crippen molar-refractivity contribution in [2.75, 3.05) is 6.26 Å². The molecule has 0 aliphatic heterocycles. The van der Waals surface area contributed by atoms with E-state index in [-0.39, 0.29) is 0 Å². The second-order valence-electron chi connectivity index (χ2n) is 4.49. The monoisotopic (exact) mass is 240 g/mol. The summed E-state index contributed by atoms with van der Waals surface area (Å²) in [7, 11) is -3.20. The summed E-state index contributed by atoms with van der Waals surface area (Å²) in [5.74, 6) is 0.368. The lowest BCUT2D eigenvalue weighted by Gasteiger charge is -2.12. The molecule has 1 unspecified atom stereocenters. The molecule has 0 bridgehead atoms. The second-order valence-corrected chi connectivity index (χ2v) is 6.47. The van der Waals surface area contributed by atoms with E-state index in [9.17, 15) is 13.5 Å². The molecule has 1 aromatic carbocycles. The Morgan fingerprint density at radius 1 is 1.38 bits per heavy atom. The highest BCUT2D eigenvalue weighted by Crippen LogP contribution is 2.34. The fourth-order valence-electron chi connectivity index (χ4n) is 1.91. The molecule has 16 heavy (non-hydrogen) atoms. The highest BCUT2D eigenvalue weighted by Gasteiger charge is 2.30. The van der Waals surface area contributed by atoms with Crippen molar-refractivity contribution in [3.63, 3.8) is 0 Å². The third-order valence-electron chi connectivity index (χ3n) is 2.97. The van der Waals surface area contributed by atoms with Crippen molar-refractivity contribution in [2.24, 2.45) is 5.92 Å². The van der Waals surface area contributed by atoms with Gasteiger partial charge in [-0.05, 0) is 36.8 Å². The minimum absolute atomic E-state index is 0.342. The van der Waals surface area contributed by atoms with Gasteiger partial charge >= 0.3 is 0 Å². The fraction of sp³-hybridized carbons (Fsp3) is 0.500. The van der Waals surface area contributed by atoms with Gasteiger partial charge in [0.05, 0.1) is 11.0 Å². The summed E-state index contributed by atoms with van der Waals surface area (Å²) in [6.45, 7) is 0. The Labute approximate surface area is 96.0 Å². The van der Waals surface area contributed by atoms with Crippen LogP contribution in [0.25, 0.3) is 0 Å². The van der Waals surface area contributed by atoms with Gasteiger partial charge in [0.15, 0.2) is 9.84 Å². The van der Waals surface area contributed by atoms with E-state index < -0.39 is 15.9 Å². The maximum Gasteiger partial charge on any atom is 0.175 e. The van der Waals surface area contributed by atoms with Crippen LogP contribution >= 0.6 is 0 Å². The van der Waals surface area contributed by atoms with Gasteiger partial charge in [0, 0.05) is 6.26 Å². The predicted octanol–water partition coefficient (Wildman–Crippen LogP) is 1.40. The average Bonchev–Trinajstić information content (AvgIpc) is 2.99. The molecule has 1 aliphatic carbocycles. The first-order valence-electron chi connectivity index (χ1n) is 5.44. The van der Waals surface area contributed by atoms with Gasteiger partial charge < -0.3 is 5.11 Å². The molecule has 0 heterocycles. The third-order valence-corrected chi connectivity index (χ3v) is 4.16. The summed E-state index contributed by atoms with van der Waals surface area (Å²) < 4.78 is 23.1. The van der Waals surface area contributed by atoms with Crippen molar-refractivity contribution in [2.45, 2.75) is 30.3 Å².